The van der Waals surface area contributed by atoms with Gasteiger partial charge in [0.1, 0.15) is 0 Å². The maximum Gasteiger partial charge on any atom is 0.227 e. The van der Waals surface area contributed by atoms with E-state index in [1.165, 1.54) is 0 Å². The van der Waals surface area contributed by atoms with Crippen LogP contribution in [-0.4, -0.2) is 30.3 Å². The number of carbonyl (C=O) groups is 1. The Hall–Kier alpha value is -1.69. The van der Waals surface area contributed by atoms with Crippen molar-refractivity contribution in [3.05, 3.63) is 58.3 Å². The molecule has 0 spiro atoms. The van der Waals surface area contributed by atoms with Crippen molar-refractivity contribution in [2.45, 2.75) is 32.0 Å². The number of hydrogen-bond acceptors (Lipinski definition) is 4. The molecular formula is C18H23NO3S. The molecular weight excluding hydrogens is 310 g/mol. The summed E-state index contributed by atoms with van der Waals surface area (Å²) in [6, 6.07) is 11.8. The fourth-order valence-corrected chi connectivity index (χ4v) is 2.93. The van der Waals surface area contributed by atoms with E-state index in [1.54, 1.807) is 11.3 Å². The van der Waals surface area contributed by atoms with Crippen molar-refractivity contribution in [2.24, 2.45) is 0 Å². The number of amides is 1. The lowest BCUT2D eigenvalue weighted by atomic mass is 10.0. The van der Waals surface area contributed by atoms with Crippen molar-refractivity contribution in [1.82, 2.24) is 5.32 Å². The first-order valence-corrected chi connectivity index (χ1v) is 8.66. The lowest BCUT2D eigenvalue weighted by Crippen LogP contribution is -2.36. The average Bonchev–Trinajstić information content (AvgIpc) is 3.12. The quantitative estimate of drug-likeness (QED) is 0.780. The molecule has 0 saturated heterocycles. The zero-order valence-corrected chi connectivity index (χ0v) is 14.3. The number of hydrogen-bond donors (Lipinski definition) is 2. The average molecular weight is 333 g/mol. The maximum absolute atomic E-state index is 12.0. The van der Waals surface area contributed by atoms with Gasteiger partial charge in [-0.05, 0) is 41.8 Å². The van der Waals surface area contributed by atoms with E-state index in [0.29, 0.717) is 0 Å². The molecule has 124 valence electrons. The second kappa shape index (κ2) is 8.82. The summed E-state index contributed by atoms with van der Waals surface area (Å²) in [5, 5.41) is 16.7. The van der Waals surface area contributed by atoms with Gasteiger partial charge in [0.25, 0.3) is 0 Å². The lowest BCUT2D eigenvalue weighted by Gasteiger charge is -2.18. The van der Waals surface area contributed by atoms with Gasteiger partial charge in [0.15, 0.2) is 0 Å². The zero-order valence-electron chi connectivity index (χ0n) is 13.4. The predicted molar refractivity (Wildman–Crippen MR) is 92.6 cm³/mol. The minimum atomic E-state index is -0.722. The second-order valence-corrected chi connectivity index (χ2v) is 6.34. The van der Waals surface area contributed by atoms with Crippen LogP contribution in [0, 0.1) is 0 Å². The molecule has 0 unspecified atom stereocenters. The number of ether oxygens (including phenoxy) is 1. The molecule has 0 bridgehead atoms. The highest BCUT2D eigenvalue weighted by Gasteiger charge is 2.17. The van der Waals surface area contributed by atoms with Crippen LogP contribution in [0.1, 0.15) is 37.0 Å². The van der Waals surface area contributed by atoms with Crippen molar-refractivity contribution >= 4 is 17.2 Å². The summed E-state index contributed by atoms with van der Waals surface area (Å²) in [4.78, 5) is 12.0. The van der Waals surface area contributed by atoms with Crippen LogP contribution in [0.3, 0.4) is 0 Å². The minimum Gasteiger partial charge on any atom is -0.389 e. The summed E-state index contributed by atoms with van der Waals surface area (Å²) in [7, 11) is 0. The number of carbonyl (C=O) groups excluding carboxylic acids is 1. The maximum atomic E-state index is 12.0. The topological polar surface area (TPSA) is 58.6 Å². The Bertz CT molecular complexity index is 586. The van der Waals surface area contributed by atoms with Crippen LogP contribution >= 0.6 is 11.3 Å². The molecule has 4 nitrogen and oxygen atoms in total. The van der Waals surface area contributed by atoms with Crippen molar-refractivity contribution in [2.75, 3.05) is 13.2 Å². The van der Waals surface area contributed by atoms with Gasteiger partial charge in [-0.1, -0.05) is 30.3 Å². The highest BCUT2D eigenvalue weighted by Crippen LogP contribution is 2.18. The predicted octanol–water partition coefficient (Wildman–Crippen LogP) is 3.11. The van der Waals surface area contributed by atoms with Gasteiger partial charge < -0.3 is 15.2 Å². The first-order chi connectivity index (χ1) is 11.1. The summed E-state index contributed by atoms with van der Waals surface area (Å²) in [6.45, 7) is 4.18. The van der Waals surface area contributed by atoms with Crippen molar-refractivity contribution in [3.63, 3.8) is 0 Å². The Morgan fingerprint density at radius 3 is 2.61 bits per heavy atom. The SMILES string of the molecule is C[C@H](OC[C@H](O)CNC(=O)[C@@H](C)c1ccsc1)c1ccccc1. The molecule has 0 fully saturated rings. The smallest absolute Gasteiger partial charge is 0.227 e. The lowest BCUT2D eigenvalue weighted by molar-refractivity contribution is -0.122. The number of thiophene rings is 1. The molecule has 3 atom stereocenters. The van der Waals surface area contributed by atoms with Crippen molar-refractivity contribution in [1.29, 1.82) is 0 Å². The van der Waals surface area contributed by atoms with Crippen LogP contribution in [0.4, 0.5) is 0 Å². The van der Waals surface area contributed by atoms with Crippen LogP contribution < -0.4 is 5.32 Å². The molecule has 1 amide bonds. The van der Waals surface area contributed by atoms with E-state index in [0.717, 1.165) is 11.1 Å². The Kier molecular flexibility index (Phi) is 6.77. The molecule has 5 heteroatoms. The van der Waals surface area contributed by atoms with Gasteiger partial charge >= 0.3 is 0 Å². The first kappa shape index (κ1) is 17.7. The van der Waals surface area contributed by atoms with Gasteiger partial charge in [0, 0.05) is 6.54 Å². The molecule has 0 aliphatic heterocycles. The molecule has 1 heterocycles. The molecule has 2 aromatic rings. The largest absolute Gasteiger partial charge is 0.389 e. The number of aliphatic hydroxyl groups is 1. The Morgan fingerprint density at radius 2 is 1.96 bits per heavy atom. The zero-order chi connectivity index (χ0) is 16.7. The third kappa shape index (κ3) is 5.46. The second-order valence-electron chi connectivity index (χ2n) is 5.56. The molecule has 23 heavy (non-hydrogen) atoms. The number of nitrogens with one attached hydrogen (secondary N) is 1. The minimum absolute atomic E-state index is 0.0847. The molecule has 2 N–H and O–H groups in total. The van der Waals surface area contributed by atoms with E-state index in [1.807, 2.05) is 61.0 Å². The van der Waals surface area contributed by atoms with E-state index < -0.39 is 6.10 Å². The summed E-state index contributed by atoms with van der Waals surface area (Å²) in [5.41, 5.74) is 2.06. The van der Waals surface area contributed by atoms with Crippen LogP contribution in [-0.2, 0) is 9.53 Å². The fraction of sp³-hybridized carbons (Fsp3) is 0.389. The third-order valence-electron chi connectivity index (χ3n) is 3.76. The Morgan fingerprint density at radius 1 is 1.22 bits per heavy atom. The summed E-state index contributed by atoms with van der Waals surface area (Å²) in [6.07, 6.45) is -0.814. The highest BCUT2D eigenvalue weighted by molar-refractivity contribution is 7.08. The van der Waals surface area contributed by atoms with Gasteiger partial charge in [-0.3, -0.25) is 4.79 Å². The van der Waals surface area contributed by atoms with E-state index >= 15 is 0 Å². The van der Waals surface area contributed by atoms with Gasteiger partial charge in [-0.25, -0.2) is 0 Å². The molecule has 0 aliphatic carbocycles. The van der Waals surface area contributed by atoms with Crippen LogP contribution in [0.15, 0.2) is 47.2 Å². The van der Waals surface area contributed by atoms with Crippen molar-refractivity contribution in [3.8, 4) is 0 Å². The van der Waals surface area contributed by atoms with Crippen molar-refractivity contribution < 1.29 is 14.6 Å². The summed E-state index contributed by atoms with van der Waals surface area (Å²) in [5.74, 6) is -0.295. The fourth-order valence-electron chi connectivity index (χ4n) is 2.18. The Balaban J connectivity index is 1.70. The van der Waals surface area contributed by atoms with E-state index in [2.05, 4.69) is 5.32 Å². The number of benzene rings is 1. The highest BCUT2D eigenvalue weighted by atomic mass is 32.1. The molecule has 2 rings (SSSR count). The van der Waals surface area contributed by atoms with Gasteiger partial charge in [0.2, 0.25) is 5.91 Å². The first-order valence-electron chi connectivity index (χ1n) is 7.72. The van der Waals surface area contributed by atoms with E-state index in [9.17, 15) is 9.90 Å². The standard InChI is InChI=1S/C18H23NO3S/c1-13(16-8-9-23-12-16)18(21)19-10-17(20)11-22-14(2)15-6-4-3-5-7-15/h3-9,12-14,17,20H,10-11H2,1-2H3,(H,19,21)/t13-,14-,17+/m0/s1. The summed E-state index contributed by atoms with van der Waals surface area (Å²) < 4.78 is 5.66. The third-order valence-corrected chi connectivity index (χ3v) is 4.46. The Labute approximate surface area is 141 Å². The van der Waals surface area contributed by atoms with E-state index in [4.69, 9.17) is 4.74 Å². The number of rotatable bonds is 8. The monoisotopic (exact) mass is 333 g/mol. The molecule has 1 aromatic heterocycles. The molecule has 0 radical (unpaired) electrons. The van der Waals surface area contributed by atoms with Crippen LogP contribution in [0.5, 0.6) is 0 Å². The van der Waals surface area contributed by atoms with E-state index in [-0.39, 0.29) is 31.1 Å². The van der Waals surface area contributed by atoms with Crippen LogP contribution in [0.2, 0.25) is 0 Å². The molecule has 0 saturated carbocycles. The van der Waals surface area contributed by atoms with Gasteiger partial charge in [-0.2, -0.15) is 11.3 Å². The number of aliphatic hydroxyl groups excluding tert-OH is 1. The van der Waals surface area contributed by atoms with Crippen LogP contribution in [0.25, 0.3) is 0 Å². The van der Waals surface area contributed by atoms with Gasteiger partial charge in [0.05, 0.1) is 24.7 Å². The molecule has 1 aromatic carbocycles. The molecule has 0 aliphatic rings. The van der Waals surface area contributed by atoms with Gasteiger partial charge in [-0.15, -0.1) is 0 Å². The summed E-state index contributed by atoms with van der Waals surface area (Å²) >= 11 is 1.57. The normalized spacial score (nSPS) is 14.9.